The van der Waals surface area contributed by atoms with Crippen molar-refractivity contribution in [3.8, 4) is 0 Å². The molecule has 0 saturated heterocycles. The summed E-state index contributed by atoms with van der Waals surface area (Å²) in [6, 6.07) is 0. The molecule has 0 rings (SSSR count). The van der Waals surface area contributed by atoms with Gasteiger partial charge in [-0.1, -0.05) is 35.9 Å². The summed E-state index contributed by atoms with van der Waals surface area (Å²) in [4.78, 5) is 0. The van der Waals surface area contributed by atoms with Crippen LogP contribution in [0.15, 0.2) is 0 Å². The second-order valence-corrected chi connectivity index (χ2v) is 4.11. The van der Waals surface area contributed by atoms with Crippen molar-refractivity contribution >= 4 is 22.6 Å². The highest BCUT2D eigenvalue weighted by Gasteiger charge is 1.93. The van der Waals surface area contributed by atoms with Crippen LogP contribution < -0.4 is 0 Å². The summed E-state index contributed by atoms with van der Waals surface area (Å²) in [5.74, 6) is 0. The fraction of sp³-hybridized carbons (Fsp3) is 1.00. The first-order chi connectivity index (χ1) is 3.77. The van der Waals surface area contributed by atoms with Gasteiger partial charge in [0.2, 0.25) is 0 Å². The molecule has 0 aromatic rings. The van der Waals surface area contributed by atoms with Gasteiger partial charge < -0.3 is 0 Å². The van der Waals surface area contributed by atoms with Crippen LogP contribution in [0.2, 0.25) is 0 Å². The van der Waals surface area contributed by atoms with E-state index in [0.717, 1.165) is 16.8 Å². The molecule has 1 atom stereocenters. The maximum Gasteiger partial charge on any atom is 0.0822 e. The number of hydrogen-bond donors (Lipinski definition) is 0. The second-order valence-electron chi connectivity index (χ2n) is 1.98. The fourth-order valence-corrected chi connectivity index (χ4v) is 0.968. The SMILES string of the molecule is CC(I)CCCC[O]. The lowest BCUT2D eigenvalue weighted by atomic mass is 10.2. The van der Waals surface area contributed by atoms with Gasteiger partial charge >= 0.3 is 0 Å². The van der Waals surface area contributed by atoms with Crippen molar-refractivity contribution in [2.75, 3.05) is 6.61 Å². The highest BCUT2D eigenvalue weighted by atomic mass is 127. The summed E-state index contributed by atoms with van der Waals surface area (Å²) >= 11 is 2.38. The third kappa shape index (κ3) is 6.69. The zero-order chi connectivity index (χ0) is 6.41. The highest BCUT2D eigenvalue weighted by molar-refractivity contribution is 14.1. The highest BCUT2D eigenvalue weighted by Crippen LogP contribution is 2.07. The molecule has 0 aromatic heterocycles. The Kier molecular flexibility index (Phi) is 6.32. The number of rotatable bonds is 4. The van der Waals surface area contributed by atoms with E-state index >= 15 is 0 Å². The predicted octanol–water partition coefficient (Wildman–Crippen LogP) is 2.41. The van der Waals surface area contributed by atoms with Gasteiger partial charge in [-0.3, -0.25) is 0 Å². The van der Waals surface area contributed by atoms with E-state index in [1.165, 1.54) is 6.42 Å². The Labute approximate surface area is 64.6 Å². The van der Waals surface area contributed by atoms with E-state index in [9.17, 15) is 5.11 Å². The Bertz CT molecular complexity index is 45.8. The zero-order valence-corrected chi connectivity index (χ0v) is 7.35. The molecule has 0 heterocycles. The number of hydrogen-bond acceptors (Lipinski definition) is 0. The lowest BCUT2D eigenvalue weighted by molar-refractivity contribution is 0.186. The summed E-state index contributed by atoms with van der Waals surface area (Å²) in [5.41, 5.74) is 0. The summed E-state index contributed by atoms with van der Waals surface area (Å²) < 4.78 is 0.735. The third-order valence-electron chi connectivity index (χ3n) is 0.996. The number of alkyl halides is 1. The van der Waals surface area contributed by atoms with Gasteiger partial charge in [-0.15, -0.1) is 0 Å². The second kappa shape index (κ2) is 5.82. The van der Waals surface area contributed by atoms with Crippen molar-refractivity contribution in [3.05, 3.63) is 0 Å². The van der Waals surface area contributed by atoms with Crippen LogP contribution in [-0.2, 0) is 5.11 Å². The predicted molar refractivity (Wildman–Crippen MR) is 42.9 cm³/mol. The minimum Gasteiger partial charge on any atom is -0.237 e. The molecule has 0 fully saturated rings. The van der Waals surface area contributed by atoms with E-state index in [2.05, 4.69) is 29.5 Å². The lowest BCUT2D eigenvalue weighted by Crippen LogP contribution is -1.90. The van der Waals surface area contributed by atoms with Crippen molar-refractivity contribution in [2.45, 2.75) is 30.1 Å². The van der Waals surface area contributed by atoms with E-state index in [1.54, 1.807) is 0 Å². The van der Waals surface area contributed by atoms with Gasteiger partial charge in [0.1, 0.15) is 0 Å². The van der Waals surface area contributed by atoms with Gasteiger partial charge in [-0.25, -0.2) is 5.11 Å². The topological polar surface area (TPSA) is 19.9 Å². The Morgan fingerprint density at radius 2 is 2.12 bits per heavy atom. The van der Waals surface area contributed by atoms with Crippen LogP contribution in [-0.4, -0.2) is 10.5 Å². The largest absolute Gasteiger partial charge is 0.237 e. The molecule has 8 heavy (non-hydrogen) atoms. The third-order valence-corrected chi connectivity index (χ3v) is 1.62. The molecule has 0 amide bonds. The van der Waals surface area contributed by atoms with E-state index in [0.29, 0.717) is 0 Å². The maximum absolute atomic E-state index is 9.91. The van der Waals surface area contributed by atoms with Crippen LogP contribution in [0.1, 0.15) is 26.2 Å². The molecule has 0 aliphatic heterocycles. The molecule has 1 radical (unpaired) electrons. The van der Waals surface area contributed by atoms with Gasteiger partial charge in [0.25, 0.3) is 0 Å². The van der Waals surface area contributed by atoms with Crippen molar-refractivity contribution in [3.63, 3.8) is 0 Å². The number of unbranched alkanes of at least 4 members (excludes halogenated alkanes) is 1. The van der Waals surface area contributed by atoms with Crippen molar-refractivity contribution in [1.29, 1.82) is 0 Å². The molecule has 0 aliphatic carbocycles. The quantitative estimate of drug-likeness (QED) is 0.399. The molecule has 0 aromatic carbocycles. The summed E-state index contributed by atoms with van der Waals surface area (Å²) in [5, 5.41) is 9.91. The van der Waals surface area contributed by atoms with Crippen LogP contribution >= 0.6 is 22.6 Å². The smallest absolute Gasteiger partial charge is 0.0822 e. The van der Waals surface area contributed by atoms with Crippen molar-refractivity contribution in [1.82, 2.24) is 0 Å². The monoisotopic (exact) mass is 227 g/mol. The average molecular weight is 227 g/mol. The minimum absolute atomic E-state index is 0.101. The van der Waals surface area contributed by atoms with Gasteiger partial charge in [-0.05, 0) is 12.8 Å². The van der Waals surface area contributed by atoms with E-state index in [4.69, 9.17) is 0 Å². The summed E-state index contributed by atoms with van der Waals surface area (Å²) in [7, 11) is 0. The molecule has 0 spiro atoms. The summed E-state index contributed by atoms with van der Waals surface area (Å²) in [6.45, 7) is 2.27. The van der Waals surface area contributed by atoms with Crippen molar-refractivity contribution < 1.29 is 5.11 Å². The molecular weight excluding hydrogens is 215 g/mol. The van der Waals surface area contributed by atoms with Crippen molar-refractivity contribution in [2.24, 2.45) is 0 Å². The first-order valence-corrected chi connectivity index (χ1v) is 4.24. The molecule has 1 nitrogen and oxygen atoms in total. The van der Waals surface area contributed by atoms with E-state index in [-0.39, 0.29) is 6.61 Å². The van der Waals surface area contributed by atoms with E-state index < -0.39 is 0 Å². The Morgan fingerprint density at radius 1 is 1.50 bits per heavy atom. The van der Waals surface area contributed by atoms with Gasteiger partial charge in [0.15, 0.2) is 0 Å². The Hall–Kier alpha value is 0.690. The van der Waals surface area contributed by atoms with Gasteiger partial charge in [-0.2, -0.15) is 0 Å². The number of halogens is 1. The standard InChI is InChI=1S/C6H12IO/c1-6(7)4-2-3-5-8/h6H,2-5H2,1H3. The molecule has 0 saturated carbocycles. The van der Waals surface area contributed by atoms with E-state index in [1.807, 2.05) is 0 Å². The minimum atomic E-state index is 0.101. The van der Waals surface area contributed by atoms with Gasteiger partial charge in [0.05, 0.1) is 6.61 Å². The first kappa shape index (κ1) is 8.69. The molecular formula is C6H12IO. The van der Waals surface area contributed by atoms with Crippen LogP contribution in [0.4, 0.5) is 0 Å². The zero-order valence-electron chi connectivity index (χ0n) is 5.19. The molecule has 0 bridgehead atoms. The fourth-order valence-electron chi connectivity index (χ4n) is 0.528. The maximum atomic E-state index is 9.91. The lowest BCUT2D eigenvalue weighted by Gasteiger charge is -1.98. The normalized spacial score (nSPS) is 13.9. The summed E-state index contributed by atoms with van der Waals surface area (Å²) in [6.07, 6.45) is 3.16. The molecule has 0 N–H and O–H groups in total. The van der Waals surface area contributed by atoms with Gasteiger partial charge in [0, 0.05) is 3.92 Å². The molecule has 1 unspecified atom stereocenters. The average Bonchev–Trinajstić information content (AvgIpc) is 1.66. The first-order valence-electron chi connectivity index (χ1n) is 2.99. The van der Waals surface area contributed by atoms with Crippen LogP contribution in [0, 0.1) is 0 Å². The Morgan fingerprint density at radius 3 is 2.50 bits per heavy atom. The van der Waals surface area contributed by atoms with Crippen LogP contribution in [0.25, 0.3) is 0 Å². The molecule has 2 heteroatoms. The van der Waals surface area contributed by atoms with Crippen LogP contribution in [0.5, 0.6) is 0 Å². The molecule has 49 valence electrons. The molecule has 0 aliphatic rings. The van der Waals surface area contributed by atoms with Crippen LogP contribution in [0.3, 0.4) is 0 Å². The Balaban J connectivity index is 2.72.